The molecule has 0 aliphatic rings. The van der Waals surface area contributed by atoms with Crippen molar-refractivity contribution in [2.75, 3.05) is 0 Å². The molecule has 1 aromatic rings. The van der Waals surface area contributed by atoms with Crippen LogP contribution < -0.4 is 10.9 Å². The quantitative estimate of drug-likeness (QED) is 0.572. The van der Waals surface area contributed by atoms with E-state index >= 15 is 0 Å². The number of hydrazine groups is 1. The van der Waals surface area contributed by atoms with Crippen LogP contribution in [-0.2, 0) is 11.3 Å². The minimum absolute atomic E-state index is 0.0428. The topological polar surface area (TPSA) is 84.3 Å². The first-order valence-corrected chi connectivity index (χ1v) is 5.88. The summed E-state index contributed by atoms with van der Waals surface area (Å²) >= 11 is 0. The first-order valence-electron chi connectivity index (χ1n) is 5.88. The van der Waals surface area contributed by atoms with Crippen LogP contribution in [0.25, 0.3) is 0 Å². The van der Waals surface area contributed by atoms with Crippen molar-refractivity contribution < 1.29 is 9.72 Å². The van der Waals surface area contributed by atoms with Gasteiger partial charge < -0.3 is 0 Å². The molecule has 0 fully saturated rings. The molecule has 6 nitrogen and oxygen atoms in total. The normalized spacial score (nSPS) is 10.1. The third-order valence-corrected chi connectivity index (χ3v) is 2.42. The zero-order chi connectivity index (χ0) is 13.4. The summed E-state index contributed by atoms with van der Waals surface area (Å²) in [4.78, 5) is 21.3. The van der Waals surface area contributed by atoms with Crippen molar-refractivity contribution in [3.05, 3.63) is 39.9 Å². The van der Waals surface area contributed by atoms with Gasteiger partial charge in [-0.25, -0.2) is 5.43 Å². The van der Waals surface area contributed by atoms with Crippen LogP contribution in [0.2, 0.25) is 0 Å². The number of amides is 1. The van der Waals surface area contributed by atoms with Crippen molar-refractivity contribution in [2.24, 2.45) is 0 Å². The van der Waals surface area contributed by atoms with E-state index in [1.165, 1.54) is 12.1 Å². The third kappa shape index (κ3) is 4.92. The Morgan fingerprint density at radius 2 is 2.00 bits per heavy atom. The molecule has 0 aliphatic heterocycles. The predicted molar refractivity (Wildman–Crippen MR) is 67.6 cm³/mol. The zero-order valence-corrected chi connectivity index (χ0v) is 10.3. The SMILES string of the molecule is CCCCC(=O)NNCc1ccc([N+](=O)[O-])cc1. The molecule has 18 heavy (non-hydrogen) atoms. The molecular formula is C12H17N3O3. The first kappa shape index (κ1) is 14.1. The van der Waals surface area contributed by atoms with Gasteiger partial charge in [0.15, 0.2) is 0 Å². The molecule has 6 heteroatoms. The summed E-state index contributed by atoms with van der Waals surface area (Å²) in [5, 5.41) is 10.4. The number of nitro benzene ring substituents is 1. The Morgan fingerprint density at radius 1 is 1.33 bits per heavy atom. The fourth-order valence-corrected chi connectivity index (χ4v) is 1.38. The summed E-state index contributed by atoms with van der Waals surface area (Å²) in [6, 6.07) is 6.19. The van der Waals surface area contributed by atoms with E-state index in [4.69, 9.17) is 0 Å². The molecule has 0 bridgehead atoms. The molecule has 0 spiro atoms. The van der Waals surface area contributed by atoms with Gasteiger partial charge in [0.25, 0.3) is 5.69 Å². The first-order chi connectivity index (χ1) is 8.63. The van der Waals surface area contributed by atoms with Gasteiger partial charge in [-0.15, -0.1) is 0 Å². The van der Waals surface area contributed by atoms with E-state index in [0.717, 1.165) is 18.4 Å². The second-order valence-corrected chi connectivity index (χ2v) is 3.93. The summed E-state index contributed by atoms with van der Waals surface area (Å²) < 4.78 is 0. The van der Waals surface area contributed by atoms with Gasteiger partial charge in [0.2, 0.25) is 5.91 Å². The lowest BCUT2D eigenvalue weighted by Crippen LogP contribution is -2.36. The van der Waals surface area contributed by atoms with Crippen molar-refractivity contribution in [1.82, 2.24) is 10.9 Å². The number of unbranched alkanes of at least 4 members (excludes halogenated alkanes) is 1. The number of nitrogens with one attached hydrogen (secondary N) is 2. The number of carbonyl (C=O) groups is 1. The lowest BCUT2D eigenvalue weighted by atomic mass is 10.2. The van der Waals surface area contributed by atoms with E-state index in [-0.39, 0.29) is 11.6 Å². The molecular weight excluding hydrogens is 234 g/mol. The van der Waals surface area contributed by atoms with Gasteiger partial charge in [0, 0.05) is 25.1 Å². The van der Waals surface area contributed by atoms with Crippen LogP contribution in [-0.4, -0.2) is 10.8 Å². The highest BCUT2D eigenvalue weighted by atomic mass is 16.6. The molecule has 0 atom stereocenters. The van der Waals surface area contributed by atoms with Crippen molar-refractivity contribution in [3.8, 4) is 0 Å². The summed E-state index contributed by atoms with van der Waals surface area (Å²) in [6.07, 6.45) is 2.35. The van der Waals surface area contributed by atoms with Crippen LogP contribution in [0.15, 0.2) is 24.3 Å². The largest absolute Gasteiger partial charge is 0.291 e. The van der Waals surface area contributed by atoms with Crippen LogP contribution in [0, 0.1) is 10.1 Å². The monoisotopic (exact) mass is 251 g/mol. The van der Waals surface area contributed by atoms with Gasteiger partial charge in [-0.2, -0.15) is 0 Å². The molecule has 0 aliphatic carbocycles. The van der Waals surface area contributed by atoms with E-state index in [1.54, 1.807) is 12.1 Å². The molecule has 0 aromatic heterocycles. The van der Waals surface area contributed by atoms with Crippen molar-refractivity contribution in [1.29, 1.82) is 0 Å². The molecule has 0 saturated heterocycles. The summed E-state index contributed by atoms with van der Waals surface area (Å²) in [5.41, 5.74) is 6.30. The van der Waals surface area contributed by atoms with Crippen LogP contribution in [0.4, 0.5) is 5.69 Å². The smallest absolute Gasteiger partial charge is 0.269 e. The number of hydrogen-bond donors (Lipinski definition) is 2. The average Bonchev–Trinajstić information content (AvgIpc) is 2.37. The molecule has 0 heterocycles. The molecule has 0 unspecified atom stereocenters. The van der Waals surface area contributed by atoms with E-state index in [0.29, 0.717) is 13.0 Å². The standard InChI is InChI=1S/C12H17N3O3/c1-2-3-4-12(16)14-13-9-10-5-7-11(8-6-10)15(17)18/h5-8,13H,2-4,9H2,1H3,(H,14,16). The number of nitro groups is 1. The molecule has 98 valence electrons. The van der Waals surface area contributed by atoms with E-state index in [9.17, 15) is 14.9 Å². The molecule has 0 radical (unpaired) electrons. The Kier molecular flexibility index (Phi) is 5.79. The van der Waals surface area contributed by atoms with Crippen LogP contribution in [0.1, 0.15) is 31.7 Å². The Hall–Kier alpha value is -1.95. The summed E-state index contributed by atoms with van der Waals surface area (Å²) in [7, 11) is 0. The van der Waals surface area contributed by atoms with Crippen LogP contribution >= 0.6 is 0 Å². The number of non-ortho nitro benzene ring substituents is 1. The molecule has 0 saturated carbocycles. The molecule has 1 aromatic carbocycles. The number of hydrogen-bond acceptors (Lipinski definition) is 4. The van der Waals surface area contributed by atoms with Gasteiger partial charge in [-0.05, 0) is 12.0 Å². The Bertz CT molecular complexity index is 404. The highest BCUT2D eigenvalue weighted by molar-refractivity contribution is 5.75. The maximum Gasteiger partial charge on any atom is 0.269 e. The Morgan fingerprint density at radius 3 is 2.56 bits per heavy atom. The zero-order valence-electron chi connectivity index (χ0n) is 10.3. The Balaban J connectivity index is 2.31. The van der Waals surface area contributed by atoms with Crippen molar-refractivity contribution in [3.63, 3.8) is 0 Å². The van der Waals surface area contributed by atoms with Gasteiger partial charge in [-0.3, -0.25) is 20.3 Å². The van der Waals surface area contributed by atoms with E-state index in [1.807, 2.05) is 6.92 Å². The van der Waals surface area contributed by atoms with E-state index < -0.39 is 4.92 Å². The molecule has 2 N–H and O–H groups in total. The van der Waals surface area contributed by atoms with Gasteiger partial charge in [0.05, 0.1) is 4.92 Å². The van der Waals surface area contributed by atoms with Crippen molar-refractivity contribution >= 4 is 11.6 Å². The number of nitrogens with zero attached hydrogens (tertiary/aromatic N) is 1. The fourth-order valence-electron chi connectivity index (χ4n) is 1.38. The minimum Gasteiger partial charge on any atom is -0.291 e. The maximum atomic E-state index is 11.3. The number of benzene rings is 1. The van der Waals surface area contributed by atoms with Crippen LogP contribution in [0.5, 0.6) is 0 Å². The maximum absolute atomic E-state index is 11.3. The third-order valence-electron chi connectivity index (χ3n) is 2.42. The van der Waals surface area contributed by atoms with Gasteiger partial charge in [0.1, 0.15) is 0 Å². The highest BCUT2D eigenvalue weighted by Gasteiger charge is 2.04. The second kappa shape index (κ2) is 7.39. The average molecular weight is 251 g/mol. The fraction of sp³-hybridized carbons (Fsp3) is 0.417. The van der Waals surface area contributed by atoms with E-state index in [2.05, 4.69) is 10.9 Å². The predicted octanol–water partition coefficient (Wildman–Crippen LogP) is 1.91. The van der Waals surface area contributed by atoms with Crippen molar-refractivity contribution in [2.45, 2.75) is 32.7 Å². The van der Waals surface area contributed by atoms with Gasteiger partial charge in [-0.1, -0.05) is 25.5 Å². The minimum atomic E-state index is -0.441. The van der Waals surface area contributed by atoms with Crippen LogP contribution in [0.3, 0.4) is 0 Å². The lowest BCUT2D eigenvalue weighted by Gasteiger charge is -2.06. The van der Waals surface area contributed by atoms with Gasteiger partial charge >= 0.3 is 0 Å². The molecule has 1 rings (SSSR count). The molecule has 1 amide bonds. The summed E-state index contributed by atoms with van der Waals surface area (Å²) in [6.45, 7) is 2.47. The Labute approximate surface area is 106 Å². The highest BCUT2D eigenvalue weighted by Crippen LogP contribution is 2.11. The lowest BCUT2D eigenvalue weighted by molar-refractivity contribution is -0.384. The number of rotatable bonds is 7. The second-order valence-electron chi connectivity index (χ2n) is 3.93. The number of carbonyl (C=O) groups excluding carboxylic acids is 1. The summed E-state index contributed by atoms with van der Waals surface area (Å²) in [5.74, 6) is -0.0428.